The maximum atomic E-state index is 5.63. The summed E-state index contributed by atoms with van der Waals surface area (Å²) in [6.07, 6.45) is 6.62. The Bertz CT molecular complexity index is 265. The number of likely N-dealkylation sites (N-methyl/N-ethyl adjacent to an activating group) is 1. The molecule has 0 aromatic carbocycles. The van der Waals surface area contributed by atoms with Gasteiger partial charge in [0.25, 0.3) is 0 Å². The lowest BCUT2D eigenvalue weighted by Crippen LogP contribution is -2.31. The Morgan fingerprint density at radius 1 is 1.60 bits per heavy atom. The number of rotatable bonds is 5. The Kier molecular flexibility index (Phi) is 3.80. The normalized spacial score (nSPS) is 23.1. The van der Waals surface area contributed by atoms with Crippen LogP contribution in [0.25, 0.3) is 0 Å². The molecule has 2 rings (SSSR count). The highest BCUT2D eigenvalue weighted by molar-refractivity contribution is 5.00. The quantitative estimate of drug-likeness (QED) is 0.805. The fourth-order valence-corrected chi connectivity index (χ4v) is 2.12. The maximum Gasteiger partial charge on any atom is 0.105 e. The van der Waals surface area contributed by atoms with Gasteiger partial charge in [0, 0.05) is 19.1 Å². The molecular weight excluding hydrogens is 190 g/mol. The minimum atomic E-state index is 0.442. The average molecular weight is 209 g/mol. The Morgan fingerprint density at radius 2 is 2.53 bits per heavy atom. The van der Waals surface area contributed by atoms with Crippen molar-refractivity contribution in [3.05, 3.63) is 24.2 Å². The van der Waals surface area contributed by atoms with Gasteiger partial charge in [-0.3, -0.25) is 0 Å². The molecule has 0 saturated carbocycles. The van der Waals surface area contributed by atoms with Gasteiger partial charge in [-0.1, -0.05) is 0 Å². The van der Waals surface area contributed by atoms with E-state index in [4.69, 9.17) is 9.15 Å². The first-order valence-corrected chi connectivity index (χ1v) is 5.69. The van der Waals surface area contributed by atoms with Gasteiger partial charge < -0.3 is 14.5 Å². The van der Waals surface area contributed by atoms with E-state index in [-0.39, 0.29) is 0 Å². The molecule has 1 aromatic rings. The zero-order chi connectivity index (χ0) is 10.5. The first kappa shape index (κ1) is 10.7. The van der Waals surface area contributed by atoms with Crippen LogP contribution < -0.4 is 5.32 Å². The molecule has 15 heavy (non-hydrogen) atoms. The molecule has 1 fully saturated rings. The molecule has 1 N–H and O–H groups in total. The highest BCUT2D eigenvalue weighted by Gasteiger charge is 2.20. The van der Waals surface area contributed by atoms with Crippen LogP contribution in [0.15, 0.2) is 22.8 Å². The van der Waals surface area contributed by atoms with E-state index >= 15 is 0 Å². The predicted octanol–water partition coefficient (Wildman–Crippen LogP) is 1.98. The summed E-state index contributed by atoms with van der Waals surface area (Å²) < 4.78 is 11.0. The van der Waals surface area contributed by atoms with Gasteiger partial charge in [0.05, 0.1) is 12.4 Å². The summed E-state index contributed by atoms with van der Waals surface area (Å²) in [5.41, 5.74) is 0. The van der Waals surface area contributed by atoms with E-state index in [0.29, 0.717) is 12.1 Å². The van der Waals surface area contributed by atoms with Gasteiger partial charge in [0.2, 0.25) is 0 Å². The second kappa shape index (κ2) is 5.33. The van der Waals surface area contributed by atoms with Crippen molar-refractivity contribution < 1.29 is 9.15 Å². The third-order valence-corrected chi connectivity index (χ3v) is 3.01. The first-order valence-electron chi connectivity index (χ1n) is 5.69. The van der Waals surface area contributed by atoms with Crippen LogP contribution in [0.1, 0.15) is 25.0 Å². The highest BCUT2D eigenvalue weighted by atomic mass is 16.5. The summed E-state index contributed by atoms with van der Waals surface area (Å²) in [5.74, 6) is 1.05. The molecule has 0 bridgehead atoms. The summed E-state index contributed by atoms with van der Waals surface area (Å²) in [7, 11) is 2.00. The topological polar surface area (TPSA) is 34.4 Å². The number of hydrogen-bond acceptors (Lipinski definition) is 3. The van der Waals surface area contributed by atoms with E-state index in [1.165, 1.54) is 12.8 Å². The van der Waals surface area contributed by atoms with Crippen molar-refractivity contribution in [2.24, 2.45) is 0 Å². The predicted molar refractivity (Wildman–Crippen MR) is 58.9 cm³/mol. The SMILES string of the molecule is CNC(Cc1ccco1)CC1CCCO1. The van der Waals surface area contributed by atoms with Crippen molar-refractivity contribution in [3.63, 3.8) is 0 Å². The standard InChI is InChI=1S/C12H19NO2/c1-13-10(8-11-4-2-6-14-11)9-12-5-3-7-15-12/h2,4,6,10,12-13H,3,5,7-9H2,1H3. The molecule has 2 atom stereocenters. The smallest absolute Gasteiger partial charge is 0.105 e. The molecule has 3 heteroatoms. The molecule has 1 saturated heterocycles. The molecule has 3 nitrogen and oxygen atoms in total. The molecule has 0 spiro atoms. The van der Waals surface area contributed by atoms with Gasteiger partial charge in [-0.05, 0) is 38.4 Å². The van der Waals surface area contributed by atoms with Gasteiger partial charge in [-0.15, -0.1) is 0 Å². The lowest BCUT2D eigenvalue weighted by molar-refractivity contribution is 0.0948. The van der Waals surface area contributed by atoms with Crippen molar-refractivity contribution in [3.8, 4) is 0 Å². The molecular formula is C12H19NO2. The summed E-state index contributed by atoms with van der Waals surface area (Å²) >= 11 is 0. The number of nitrogens with one attached hydrogen (secondary N) is 1. The summed E-state index contributed by atoms with van der Waals surface area (Å²) in [6.45, 7) is 0.932. The maximum absolute atomic E-state index is 5.63. The van der Waals surface area contributed by atoms with Crippen LogP contribution in [0.4, 0.5) is 0 Å². The molecule has 0 amide bonds. The fourth-order valence-electron chi connectivity index (χ4n) is 2.12. The van der Waals surface area contributed by atoms with Crippen LogP contribution in [-0.2, 0) is 11.2 Å². The van der Waals surface area contributed by atoms with Crippen molar-refractivity contribution in [2.75, 3.05) is 13.7 Å². The van der Waals surface area contributed by atoms with Crippen LogP contribution >= 0.6 is 0 Å². The monoisotopic (exact) mass is 209 g/mol. The second-order valence-electron chi connectivity index (χ2n) is 4.14. The zero-order valence-corrected chi connectivity index (χ0v) is 9.24. The van der Waals surface area contributed by atoms with Gasteiger partial charge in [-0.25, -0.2) is 0 Å². The molecule has 2 heterocycles. The Balaban J connectivity index is 1.81. The second-order valence-corrected chi connectivity index (χ2v) is 4.14. The van der Waals surface area contributed by atoms with Crippen LogP contribution in [-0.4, -0.2) is 25.8 Å². The van der Waals surface area contributed by atoms with Gasteiger partial charge in [0.1, 0.15) is 5.76 Å². The van der Waals surface area contributed by atoms with Crippen LogP contribution in [0.3, 0.4) is 0 Å². The van der Waals surface area contributed by atoms with E-state index in [1.54, 1.807) is 6.26 Å². The van der Waals surface area contributed by atoms with E-state index in [0.717, 1.165) is 25.2 Å². The van der Waals surface area contributed by atoms with E-state index < -0.39 is 0 Å². The Hall–Kier alpha value is -0.800. The molecule has 84 valence electrons. The van der Waals surface area contributed by atoms with E-state index in [9.17, 15) is 0 Å². The number of ether oxygens (including phenoxy) is 1. The number of hydrogen-bond donors (Lipinski definition) is 1. The third-order valence-electron chi connectivity index (χ3n) is 3.01. The fraction of sp³-hybridized carbons (Fsp3) is 0.667. The number of furan rings is 1. The largest absolute Gasteiger partial charge is 0.469 e. The van der Waals surface area contributed by atoms with Crippen molar-refractivity contribution in [1.82, 2.24) is 5.32 Å². The minimum absolute atomic E-state index is 0.442. The van der Waals surface area contributed by atoms with E-state index in [2.05, 4.69) is 5.32 Å². The lowest BCUT2D eigenvalue weighted by atomic mass is 10.0. The third kappa shape index (κ3) is 3.08. The zero-order valence-electron chi connectivity index (χ0n) is 9.24. The molecule has 1 aliphatic rings. The first-order chi connectivity index (χ1) is 7.38. The molecule has 0 radical (unpaired) electrons. The summed E-state index contributed by atoms with van der Waals surface area (Å²) in [4.78, 5) is 0. The summed E-state index contributed by atoms with van der Waals surface area (Å²) in [6, 6.07) is 4.42. The van der Waals surface area contributed by atoms with Crippen molar-refractivity contribution >= 4 is 0 Å². The van der Waals surface area contributed by atoms with Gasteiger partial charge >= 0.3 is 0 Å². The van der Waals surface area contributed by atoms with Crippen LogP contribution in [0, 0.1) is 0 Å². The van der Waals surface area contributed by atoms with Crippen LogP contribution in [0.5, 0.6) is 0 Å². The highest BCUT2D eigenvalue weighted by Crippen LogP contribution is 2.18. The van der Waals surface area contributed by atoms with Gasteiger partial charge in [0.15, 0.2) is 0 Å². The van der Waals surface area contributed by atoms with E-state index in [1.807, 2.05) is 19.2 Å². The Labute approximate surface area is 90.8 Å². The van der Waals surface area contributed by atoms with Crippen LogP contribution in [0.2, 0.25) is 0 Å². The van der Waals surface area contributed by atoms with Crippen molar-refractivity contribution in [1.29, 1.82) is 0 Å². The summed E-state index contributed by atoms with van der Waals surface area (Å²) in [5, 5.41) is 3.33. The molecule has 0 aliphatic carbocycles. The van der Waals surface area contributed by atoms with Gasteiger partial charge in [-0.2, -0.15) is 0 Å². The lowest BCUT2D eigenvalue weighted by Gasteiger charge is -2.18. The minimum Gasteiger partial charge on any atom is -0.469 e. The Morgan fingerprint density at radius 3 is 3.13 bits per heavy atom. The van der Waals surface area contributed by atoms with Crippen molar-refractivity contribution in [2.45, 2.75) is 37.8 Å². The molecule has 1 aliphatic heterocycles. The molecule has 1 aromatic heterocycles. The average Bonchev–Trinajstić information content (AvgIpc) is 2.89. The molecule has 2 unspecified atom stereocenters.